The normalized spacial score (nSPS) is 16.1. The Morgan fingerprint density at radius 3 is 1.86 bits per heavy atom. The zero-order chi connectivity index (χ0) is 22.6. The van der Waals surface area contributed by atoms with Crippen LogP contribution >= 0.6 is 0 Å². The number of esters is 3. The number of aliphatic carboxylic acids is 1. The molecule has 0 amide bonds. The number of carboxylic acids is 1. The second kappa shape index (κ2) is 13.9. The Morgan fingerprint density at radius 1 is 0.862 bits per heavy atom. The molecule has 168 valence electrons. The largest absolute Gasteiger partial charge is 0.481 e. The van der Waals surface area contributed by atoms with E-state index < -0.39 is 48.7 Å². The van der Waals surface area contributed by atoms with Crippen LogP contribution in [-0.2, 0) is 33.4 Å². The molecule has 0 aromatic carbocycles. The van der Waals surface area contributed by atoms with E-state index in [1.807, 2.05) is 20.8 Å². The molecule has 5 N–H and O–H groups in total. The van der Waals surface area contributed by atoms with E-state index in [9.17, 15) is 19.2 Å². The van der Waals surface area contributed by atoms with E-state index in [0.717, 1.165) is 0 Å². The second-order valence-electron chi connectivity index (χ2n) is 7.03. The third-order valence-electron chi connectivity index (χ3n) is 4.71. The molecule has 0 saturated carbocycles. The number of hydrogen-bond donors (Lipinski definition) is 3. The maximum Gasteiger partial charge on any atom is 0.326 e. The van der Waals surface area contributed by atoms with Crippen molar-refractivity contribution in [3.63, 3.8) is 0 Å². The molecule has 0 spiro atoms. The molecule has 0 aromatic heterocycles. The third kappa shape index (κ3) is 10.8. The maximum atomic E-state index is 12.2. The molecule has 0 aliphatic heterocycles. The minimum atomic E-state index is -1.36. The average molecular weight is 418 g/mol. The van der Waals surface area contributed by atoms with E-state index in [2.05, 4.69) is 0 Å². The summed E-state index contributed by atoms with van der Waals surface area (Å²) < 4.78 is 15.2. The monoisotopic (exact) mass is 418 g/mol. The average Bonchev–Trinajstić information content (AvgIpc) is 2.69. The van der Waals surface area contributed by atoms with Crippen molar-refractivity contribution in [3.05, 3.63) is 0 Å². The Labute approximate surface area is 171 Å². The summed E-state index contributed by atoms with van der Waals surface area (Å²) in [6.45, 7) is 7.15. The summed E-state index contributed by atoms with van der Waals surface area (Å²) in [4.78, 5) is 46.5. The summed E-state index contributed by atoms with van der Waals surface area (Å²) >= 11 is 0. The van der Waals surface area contributed by atoms with Crippen molar-refractivity contribution in [1.82, 2.24) is 0 Å². The molecule has 10 nitrogen and oxygen atoms in total. The number of carbonyl (C=O) groups excluding carboxylic acids is 3. The predicted octanol–water partition coefficient (Wildman–Crippen LogP) is 0.944. The topological polar surface area (TPSA) is 168 Å². The molecule has 10 heteroatoms. The van der Waals surface area contributed by atoms with Gasteiger partial charge in [0.05, 0.1) is 25.9 Å². The van der Waals surface area contributed by atoms with Crippen LogP contribution in [0.25, 0.3) is 0 Å². The Kier molecular flexibility index (Phi) is 12.8. The minimum Gasteiger partial charge on any atom is -0.481 e. The van der Waals surface area contributed by atoms with Crippen LogP contribution in [0.3, 0.4) is 0 Å². The molecule has 0 heterocycles. The fourth-order valence-electron chi connectivity index (χ4n) is 2.09. The van der Waals surface area contributed by atoms with Gasteiger partial charge in [0, 0.05) is 0 Å². The molecule has 0 aliphatic carbocycles. The number of carboxylic acid groups (broad SMARTS) is 1. The Hall–Kier alpha value is -2.20. The van der Waals surface area contributed by atoms with Gasteiger partial charge in [-0.15, -0.1) is 0 Å². The number of rotatable bonds is 14. The van der Waals surface area contributed by atoms with E-state index >= 15 is 0 Å². The minimum absolute atomic E-state index is 0.0708. The first-order valence-corrected chi connectivity index (χ1v) is 9.82. The van der Waals surface area contributed by atoms with Crippen LogP contribution in [0, 0.1) is 11.8 Å². The van der Waals surface area contributed by atoms with Gasteiger partial charge in [-0.2, -0.15) is 0 Å². The third-order valence-corrected chi connectivity index (χ3v) is 4.71. The summed E-state index contributed by atoms with van der Waals surface area (Å²) in [5.41, 5.74) is 11.6. The predicted molar refractivity (Wildman–Crippen MR) is 103 cm³/mol. The quantitative estimate of drug-likeness (QED) is 0.273. The van der Waals surface area contributed by atoms with Gasteiger partial charge in [-0.05, 0) is 11.8 Å². The van der Waals surface area contributed by atoms with Crippen LogP contribution in [-0.4, -0.2) is 54.0 Å². The van der Waals surface area contributed by atoms with Crippen molar-refractivity contribution < 1.29 is 38.5 Å². The highest BCUT2D eigenvalue weighted by Crippen LogP contribution is 2.12. The van der Waals surface area contributed by atoms with Crippen LogP contribution in [0.1, 0.15) is 59.8 Å². The zero-order valence-electron chi connectivity index (χ0n) is 17.6. The van der Waals surface area contributed by atoms with Crippen molar-refractivity contribution in [3.8, 4) is 0 Å². The second-order valence-corrected chi connectivity index (χ2v) is 7.03. The van der Waals surface area contributed by atoms with Crippen LogP contribution in [0.4, 0.5) is 0 Å². The SMILES string of the molecule is CCC(C)[C@H](N)C(=O)OCCC(OC(=O)CCC(=O)O)OC(=O)[C@@H](N)C(C)CC. The molecule has 0 aromatic rings. The number of ether oxygens (including phenoxy) is 3. The summed E-state index contributed by atoms with van der Waals surface area (Å²) in [5, 5.41) is 8.64. The molecule has 29 heavy (non-hydrogen) atoms. The Balaban J connectivity index is 4.86. The van der Waals surface area contributed by atoms with Crippen LogP contribution in [0.5, 0.6) is 0 Å². The summed E-state index contributed by atoms with van der Waals surface area (Å²) in [5.74, 6) is -3.63. The lowest BCUT2D eigenvalue weighted by Gasteiger charge is -2.23. The van der Waals surface area contributed by atoms with Crippen LogP contribution < -0.4 is 11.5 Å². The smallest absolute Gasteiger partial charge is 0.326 e. The van der Waals surface area contributed by atoms with Gasteiger partial charge in [-0.25, -0.2) is 0 Å². The van der Waals surface area contributed by atoms with E-state index in [-0.39, 0.29) is 31.3 Å². The summed E-state index contributed by atoms with van der Waals surface area (Å²) in [6, 6.07) is -1.71. The number of hydrogen-bond acceptors (Lipinski definition) is 9. The van der Waals surface area contributed by atoms with Crippen molar-refractivity contribution in [2.24, 2.45) is 23.3 Å². The first-order valence-electron chi connectivity index (χ1n) is 9.82. The van der Waals surface area contributed by atoms with Crippen molar-refractivity contribution >= 4 is 23.9 Å². The highest BCUT2D eigenvalue weighted by molar-refractivity contribution is 5.78. The Bertz CT molecular complexity index is 554. The lowest BCUT2D eigenvalue weighted by Crippen LogP contribution is -2.41. The highest BCUT2D eigenvalue weighted by atomic mass is 16.7. The first kappa shape index (κ1) is 26.8. The fraction of sp³-hybridized carbons (Fsp3) is 0.789. The van der Waals surface area contributed by atoms with Gasteiger partial charge in [-0.1, -0.05) is 40.5 Å². The van der Waals surface area contributed by atoms with Gasteiger partial charge in [0.25, 0.3) is 6.29 Å². The molecule has 0 aliphatic rings. The lowest BCUT2D eigenvalue weighted by molar-refractivity contribution is -0.193. The van der Waals surface area contributed by atoms with Crippen LogP contribution in [0.15, 0.2) is 0 Å². The van der Waals surface area contributed by atoms with Gasteiger partial charge >= 0.3 is 23.9 Å². The summed E-state index contributed by atoms with van der Waals surface area (Å²) in [6.07, 6.45) is -0.956. The van der Waals surface area contributed by atoms with E-state index in [4.69, 9.17) is 30.8 Å². The molecule has 0 bridgehead atoms. The van der Waals surface area contributed by atoms with Gasteiger partial charge in [-0.3, -0.25) is 19.2 Å². The number of carbonyl (C=O) groups is 4. The summed E-state index contributed by atoms with van der Waals surface area (Å²) in [7, 11) is 0. The molecular weight excluding hydrogens is 384 g/mol. The standard InChI is InChI=1S/C19H34N2O8/c1-5-11(3)16(20)18(25)27-10-9-15(28-14(24)8-7-13(22)23)29-19(26)17(21)12(4)6-2/h11-12,15-17H,5-10,20-21H2,1-4H3,(H,22,23)/t11?,12?,15?,16-,17-/m0/s1. The molecular formula is C19H34N2O8. The van der Waals surface area contributed by atoms with Gasteiger partial charge in [0.15, 0.2) is 0 Å². The van der Waals surface area contributed by atoms with Crippen molar-refractivity contribution in [2.75, 3.05) is 6.61 Å². The highest BCUT2D eigenvalue weighted by Gasteiger charge is 2.27. The van der Waals surface area contributed by atoms with E-state index in [0.29, 0.717) is 12.8 Å². The molecule has 3 unspecified atom stereocenters. The van der Waals surface area contributed by atoms with Gasteiger partial charge in [0.1, 0.15) is 12.1 Å². The zero-order valence-corrected chi connectivity index (χ0v) is 17.6. The molecule has 0 radical (unpaired) electrons. The molecule has 5 atom stereocenters. The van der Waals surface area contributed by atoms with Crippen molar-refractivity contribution in [2.45, 2.75) is 78.2 Å². The van der Waals surface area contributed by atoms with Gasteiger partial charge < -0.3 is 30.8 Å². The van der Waals surface area contributed by atoms with Crippen molar-refractivity contribution in [1.29, 1.82) is 0 Å². The molecule has 0 saturated heterocycles. The molecule has 0 rings (SSSR count). The van der Waals surface area contributed by atoms with Crippen LogP contribution in [0.2, 0.25) is 0 Å². The van der Waals surface area contributed by atoms with Gasteiger partial charge in [0.2, 0.25) is 0 Å². The fourth-order valence-corrected chi connectivity index (χ4v) is 2.09. The van der Waals surface area contributed by atoms with E-state index in [1.54, 1.807) is 6.92 Å². The maximum absolute atomic E-state index is 12.2. The Morgan fingerprint density at radius 2 is 1.38 bits per heavy atom. The number of nitrogens with two attached hydrogens (primary N) is 2. The van der Waals surface area contributed by atoms with E-state index in [1.165, 1.54) is 0 Å². The first-order chi connectivity index (χ1) is 13.5. The lowest BCUT2D eigenvalue weighted by atomic mass is 10.0. The molecule has 0 fully saturated rings.